The monoisotopic (exact) mass is 965 g/mol. The summed E-state index contributed by atoms with van der Waals surface area (Å²) in [5.74, 6) is 0.476. The summed E-state index contributed by atoms with van der Waals surface area (Å²) in [6.45, 7) is 14.8. The van der Waals surface area contributed by atoms with E-state index < -0.39 is 19.0 Å². The fourth-order valence-electron chi connectivity index (χ4n) is 10.3. The van der Waals surface area contributed by atoms with Crippen LogP contribution in [0.3, 0.4) is 0 Å². The first-order chi connectivity index (χ1) is 31.2. The normalized spacial score (nSPS) is 19.3. The molecule has 0 aliphatic carbocycles. The fourth-order valence-corrected chi connectivity index (χ4v) is 12.1. The summed E-state index contributed by atoms with van der Waals surface area (Å²) in [4.78, 5) is 45.4. The summed E-state index contributed by atoms with van der Waals surface area (Å²) in [7, 11) is -1.05. The maximum atomic E-state index is 15.2. The molecule has 9 rings (SSSR count). The van der Waals surface area contributed by atoms with E-state index in [1.807, 2.05) is 30.3 Å². The molecule has 4 fully saturated rings. The number of piperidine rings is 3. The van der Waals surface area contributed by atoms with Crippen molar-refractivity contribution >= 4 is 85.6 Å². The molecule has 3 aromatic carbocycles. The van der Waals surface area contributed by atoms with Gasteiger partial charge in [0.05, 0.1) is 34.4 Å². The first-order valence-electron chi connectivity index (χ1n) is 22.8. The molecule has 1 unspecified atom stereocenters. The Hall–Kier alpha value is -5.11. The Kier molecular flexibility index (Phi) is 12.7. The van der Waals surface area contributed by atoms with Crippen LogP contribution in [0.2, 0.25) is 0 Å². The number of carbonyl (C=O) groups is 2. The highest BCUT2D eigenvalue weighted by atomic mass is 79.9. The fraction of sp³-hybridized carbons (Fsp3) is 0.449. The number of imide groups is 1. The summed E-state index contributed by atoms with van der Waals surface area (Å²) < 4.78 is 35.5. The van der Waals surface area contributed by atoms with E-state index in [0.29, 0.717) is 51.0 Å². The summed E-state index contributed by atoms with van der Waals surface area (Å²) in [6, 6.07) is 17.3. The number of methoxy groups -OCH3 is 1. The van der Waals surface area contributed by atoms with Crippen LogP contribution in [-0.2, 0) is 20.6 Å². The lowest BCUT2D eigenvalue weighted by molar-refractivity contribution is -0.134. The molecule has 16 heteroatoms. The van der Waals surface area contributed by atoms with Gasteiger partial charge in [-0.05, 0) is 135 Å². The molecule has 2 aromatic heterocycles. The van der Waals surface area contributed by atoms with Crippen molar-refractivity contribution in [3.63, 3.8) is 0 Å². The molecule has 2 amide bonds. The number of nitrogens with zero attached hydrogens (tertiary/aromatic N) is 6. The number of amides is 2. The second-order valence-electron chi connectivity index (χ2n) is 18.8. The number of hydrogen-bond acceptors (Lipinski definition) is 12. The van der Waals surface area contributed by atoms with Gasteiger partial charge in [0.2, 0.25) is 17.8 Å². The standard InChI is InChI=1S/C49H58BrFN9O4P/c1-6-32-7-9-36-39(53-32)12-13-40(45(36)65(4,5)63)54-46-37(50)26-52-48(57-46)55-41-23-30(2)42(25-43(41)64-3)59-21-17-49(18-22-59)15-19-58(20-16-49)27-31-28-60(29-31)33-8-10-34(38(51)24-33)35-11-14-44(61)56-47(35)62/h7-10,12-13,23-26,31,35H,6,11,14-22,27-29H2,1-5H3,(H,56,61,62)(H2,52,54,55,57). The van der Waals surface area contributed by atoms with Crippen molar-refractivity contribution in [2.24, 2.45) is 11.3 Å². The lowest BCUT2D eigenvalue weighted by Gasteiger charge is -2.49. The van der Waals surface area contributed by atoms with Crippen LogP contribution in [0.1, 0.15) is 68.2 Å². The van der Waals surface area contributed by atoms with Gasteiger partial charge in [0.1, 0.15) is 24.5 Å². The Balaban J connectivity index is 0.786. The zero-order valence-electron chi connectivity index (χ0n) is 37.8. The molecule has 0 radical (unpaired) electrons. The molecule has 3 N–H and O–H groups in total. The Morgan fingerprint density at radius 1 is 0.938 bits per heavy atom. The number of fused-ring (bicyclic) bond motifs is 1. The quantitative estimate of drug-likeness (QED) is 0.0812. The average Bonchev–Trinajstić information content (AvgIpc) is 3.26. The molecular formula is C49H58BrFN9O4P. The number of likely N-dealkylation sites (tertiary alicyclic amines) is 1. The second kappa shape index (κ2) is 18.3. The van der Waals surface area contributed by atoms with Crippen LogP contribution in [0.25, 0.3) is 10.9 Å². The van der Waals surface area contributed by atoms with Crippen molar-refractivity contribution in [3.8, 4) is 5.75 Å². The predicted octanol–water partition coefficient (Wildman–Crippen LogP) is 8.88. The number of halogens is 2. The molecule has 0 saturated carbocycles. The van der Waals surface area contributed by atoms with E-state index in [2.05, 4.69) is 77.5 Å². The van der Waals surface area contributed by atoms with Gasteiger partial charge in [-0.2, -0.15) is 4.98 Å². The van der Waals surface area contributed by atoms with Gasteiger partial charge in [-0.3, -0.25) is 19.9 Å². The first-order valence-corrected chi connectivity index (χ1v) is 26.2. The number of aromatic nitrogens is 3. The maximum absolute atomic E-state index is 15.2. The molecule has 1 atom stereocenters. The van der Waals surface area contributed by atoms with E-state index in [4.69, 9.17) is 14.7 Å². The third-order valence-electron chi connectivity index (χ3n) is 14.1. The van der Waals surface area contributed by atoms with Crippen molar-refractivity contribution in [2.45, 2.75) is 64.7 Å². The molecule has 4 aliphatic heterocycles. The number of anilines is 6. The Bertz CT molecular complexity index is 2690. The van der Waals surface area contributed by atoms with Crippen molar-refractivity contribution in [1.29, 1.82) is 0 Å². The van der Waals surface area contributed by atoms with Gasteiger partial charge < -0.3 is 34.6 Å². The summed E-state index contributed by atoms with van der Waals surface area (Å²) >= 11 is 3.62. The third-order valence-corrected chi connectivity index (χ3v) is 16.2. The van der Waals surface area contributed by atoms with Gasteiger partial charge in [-0.25, -0.2) is 9.37 Å². The van der Waals surface area contributed by atoms with Gasteiger partial charge in [0.25, 0.3) is 0 Å². The molecule has 13 nitrogen and oxygen atoms in total. The largest absolute Gasteiger partial charge is 0.494 e. The number of rotatable bonds is 12. The van der Waals surface area contributed by atoms with Gasteiger partial charge in [0, 0.05) is 90.6 Å². The highest BCUT2D eigenvalue weighted by Gasteiger charge is 2.40. The number of nitrogens with one attached hydrogen (secondary N) is 3. The minimum absolute atomic E-state index is 0.233. The van der Waals surface area contributed by atoms with Crippen LogP contribution in [-0.4, -0.2) is 97.9 Å². The summed E-state index contributed by atoms with van der Waals surface area (Å²) in [5.41, 5.74) is 7.17. The molecule has 5 aromatic rings. The van der Waals surface area contributed by atoms with Crippen LogP contribution in [0.15, 0.2) is 65.3 Å². The number of aryl methyl sites for hydroxylation is 2. The lowest BCUT2D eigenvalue weighted by atomic mass is 9.71. The Morgan fingerprint density at radius 2 is 1.69 bits per heavy atom. The Morgan fingerprint density at radius 3 is 2.38 bits per heavy atom. The van der Waals surface area contributed by atoms with E-state index in [1.165, 1.54) is 18.5 Å². The second-order valence-corrected chi connectivity index (χ2v) is 22.8. The minimum atomic E-state index is -2.73. The highest BCUT2D eigenvalue weighted by Crippen LogP contribution is 2.45. The van der Waals surface area contributed by atoms with Gasteiger partial charge in [-0.15, -0.1) is 0 Å². The van der Waals surface area contributed by atoms with Gasteiger partial charge in [-0.1, -0.05) is 19.1 Å². The van der Waals surface area contributed by atoms with Crippen molar-refractivity contribution in [3.05, 3.63) is 87.9 Å². The zero-order valence-corrected chi connectivity index (χ0v) is 40.3. The van der Waals surface area contributed by atoms with Gasteiger partial charge in [0.15, 0.2) is 0 Å². The molecule has 65 heavy (non-hydrogen) atoms. The molecule has 1 spiro atoms. The number of carbonyl (C=O) groups excluding carboxylic acids is 2. The topological polar surface area (TPSA) is 145 Å². The smallest absolute Gasteiger partial charge is 0.234 e. The average molecular weight is 967 g/mol. The van der Waals surface area contributed by atoms with E-state index in [-0.39, 0.29) is 18.1 Å². The SMILES string of the molecule is CCc1ccc2c(P(C)(C)=O)c(Nc3nc(Nc4cc(C)c(N5CCC6(CCN(CC7CN(c8ccc(C9CCC(=O)NC9=O)c(F)c8)C7)CC6)CC5)cc4OC)ncc3Br)ccc2n1. The predicted molar refractivity (Wildman–Crippen MR) is 261 cm³/mol. The van der Waals surface area contributed by atoms with Crippen LogP contribution in [0, 0.1) is 24.1 Å². The molecule has 6 heterocycles. The number of pyridine rings is 1. The van der Waals surface area contributed by atoms with E-state index >= 15 is 4.39 Å². The van der Waals surface area contributed by atoms with E-state index in [9.17, 15) is 14.2 Å². The summed E-state index contributed by atoms with van der Waals surface area (Å²) in [5, 5.41) is 10.8. The highest BCUT2D eigenvalue weighted by molar-refractivity contribution is 9.10. The molecule has 4 saturated heterocycles. The van der Waals surface area contributed by atoms with Gasteiger partial charge >= 0.3 is 0 Å². The zero-order chi connectivity index (χ0) is 45.6. The van der Waals surface area contributed by atoms with Crippen molar-refractivity contribution in [1.82, 2.24) is 25.2 Å². The van der Waals surface area contributed by atoms with E-state index in [1.54, 1.807) is 38.8 Å². The lowest BCUT2D eigenvalue weighted by Crippen LogP contribution is -2.54. The van der Waals surface area contributed by atoms with Crippen LogP contribution in [0.4, 0.5) is 38.9 Å². The van der Waals surface area contributed by atoms with Crippen molar-refractivity contribution in [2.75, 3.05) is 86.7 Å². The number of hydrogen-bond donors (Lipinski definition) is 3. The van der Waals surface area contributed by atoms with Crippen LogP contribution >= 0.6 is 23.1 Å². The van der Waals surface area contributed by atoms with E-state index in [0.717, 1.165) is 104 Å². The Labute approximate surface area is 388 Å². The first kappa shape index (κ1) is 45.1. The van der Waals surface area contributed by atoms with Crippen LogP contribution < -0.4 is 35.8 Å². The summed E-state index contributed by atoms with van der Waals surface area (Å²) in [6.07, 6.45) is 7.82. The molecule has 342 valence electrons. The number of benzene rings is 3. The van der Waals surface area contributed by atoms with Crippen LogP contribution in [0.5, 0.6) is 5.75 Å². The third kappa shape index (κ3) is 9.47. The van der Waals surface area contributed by atoms with Crippen molar-refractivity contribution < 1.29 is 23.3 Å². The molecule has 0 bridgehead atoms. The number of ether oxygens (including phenoxy) is 1. The molecular weight excluding hydrogens is 908 g/mol. The minimum Gasteiger partial charge on any atom is -0.494 e. The molecule has 4 aliphatic rings. The maximum Gasteiger partial charge on any atom is 0.234 e.